The zero-order chi connectivity index (χ0) is 20.1. The van der Waals surface area contributed by atoms with E-state index in [2.05, 4.69) is 15.3 Å². The second-order valence-electron chi connectivity index (χ2n) is 5.67. The Morgan fingerprint density at radius 1 is 1.14 bits per heavy atom. The summed E-state index contributed by atoms with van der Waals surface area (Å²) in [6.45, 7) is 0. The SMILES string of the molecule is COC(=O)c1ccc(-c2ccc(/C=N\NC(=O)c3ccccc3N)o2)cc1Cl. The van der Waals surface area contributed by atoms with Gasteiger partial charge < -0.3 is 14.9 Å². The molecule has 0 atom stereocenters. The standard InChI is InChI=1S/C20H16ClN3O4/c1-27-20(26)14-8-6-12(10-16(14)21)18-9-7-13(28-18)11-23-24-19(25)15-4-2-3-5-17(15)22/h2-11H,22H2,1H3,(H,24,25)/b23-11-. The van der Waals surface area contributed by atoms with Gasteiger partial charge in [-0.2, -0.15) is 5.10 Å². The molecule has 1 amide bonds. The monoisotopic (exact) mass is 397 g/mol. The molecule has 1 aromatic heterocycles. The van der Waals surface area contributed by atoms with Gasteiger partial charge in [0.25, 0.3) is 5.91 Å². The average Bonchev–Trinajstić information content (AvgIpc) is 3.16. The number of nitrogens with zero attached hydrogens (tertiary/aromatic N) is 1. The first-order valence-corrected chi connectivity index (χ1v) is 8.53. The maximum absolute atomic E-state index is 12.0. The Bertz CT molecular complexity index is 1060. The molecule has 28 heavy (non-hydrogen) atoms. The van der Waals surface area contributed by atoms with Gasteiger partial charge in [-0.3, -0.25) is 4.79 Å². The topological polar surface area (TPSA) is 107 Å². The van der Waals surface area contributed by atoms with Crippen LogP contribution in [-0.2, 0) is 4.74 Å². The molecular formula is C20H16ClN3O4. The van der Waals surface area contributed by atoms with E-state index in [0.717, 1.165) is 0 Å². The van der Waals surface area contributed by atoms with Crippen molar-refractivity contribution in [2.24, 2.45) is 5.10 Å². The number of halogens is 1. The molecule has 0 bridgehead atoms. The zero-order valence-electron chi connectivity index (χ0n) is 14.8. The van der Waals surface area contributed by atoms with Crippen molar-refractivity contribution in [2.75, 3.05) is 12.8 Å². The Labute approximate surface area is 165 Å². The van der Waals surface area contributed by atoms with Crippen molar-refractivity contribution in [3.05, 3.63) is 76.5 Å². The number of para-hydroxylation sites is 1. The Morgan fingerprint density at radius 3 is 2.64 bits per heavy atom. The number of hydrazone groups is 1. The fourth-order valence-electron chi connectivity index (χ4n) is 2.44. The number of rotatable bonds is 5. The molecule has 0 unspecified atom stereocenters. The highest BCUT2D eigenvalue weighted by Gasteiger charge is 2.13. The fourth-order valence-corrected chi connectivity index (χ4v) is 2.70. The number of ether oxygens (including phenoxy) is 1. The highest BCUT2D eigenvalue weighted by molar-refractivity contribution is 6.33. The molecule has 3 N–H and O–H groups in total. The molecule has 0 radical (unpaired) electrons. The number of anilines is 1. The van der Waals surface area contributed by atoms with Gasteiger partial charge in [-0.1, -0.05) is 29.8 Å². The smallest absolute Gasteiger partial charge is 0.339 e. The van der Waals surface area contributed by atoms with Crippen LogP contribution in [0.15, 0.2) is 64.1 Å². The quantitative estimate of drug-likeness (QED) is 0.295. The minimum atomic E-state index is -0.515. The molecule has 3 aromatic rings. The number of carbonyl (C=O) groups is 2. The first-order chi connectivity index (χ1) is 13.5. The number of amides is 1. The summed E-state index contributed by atoms with van der Waals surface area (Å²) in [4.78, 5) is 23.6. The minimum absolute atomic E-state index is 0.253. The fraction of sp³-hybridized carbons (Fsp3) is 0.0500. The van der Waals surface area contributed by atoms with Gasteiger partial charge in [-0.05, 0) is 36.4 Å². The van der Waals surface area contributed by atoms with E-state index in [9.17, 15) is 9.59 Å². The third-order valence-corrected chi connectivity index (χ3v) is 4.16. The summed E-state index contributed by atoms with van der Waals surface area (Å²) in [6.07, 6.45) is 1.37. The Morgan fingerprint density at radius 2 is 1.93 bits per heavy atom. The van der Waals surface area contributed by atoms with Gasteiger partial charge in [0, 0.05) is 11.3 Å². The van der Waals surface area contributed by atoms with E-state index in [0.29, 0.717) is 28.3 Å². The molecule has 0 aliphatic carbocycles. The van der Waals surface area contributed by atoms with Crippen LogP contribution in [0.25, 0.3) is 11.3 Å². The summed E-state index contributed by atoms with van der Waals surface area (Å²) in [7, 11) is 1.29. The van der Waals surface area contributed by atoms with Crippen LogP contribution < -0.4 is 11.2 Å². The van der Waals surface area contributed by atoms with Crippen LogP contribution in [0.4, 0.5) is 5.69 Å². The molecule has 3 rings (SSSR count). The van der Waals surface area contributed by atoms with Crippen LogP contribution in [0.1, 0.15) is 26.5 Å². The van der Waals surface area contributed by atoms with E-state index in [1.807, 2.05) is 0 Å². The van der Waals surface area contributed by atoms with Crippen molar-refractivity contribution in [2.45, 2.75) is 0 Å². The Kier molecular flexibility index (Phi) is 5.76. The first kappa shape index (κ1) is 19.2. The van der Waals surface area contributed by atoms with Crippen molar-refractivity contribution in [1.29, 1.82) is 0 Å². The van der Waals surface area contributed by atoms with E-state index in [-0.39, 0.29) is 10.6 Å². The number of nitrogens with two attached hydrogens (primary N) is 1. The molecule has 2 aromatic carbocycles. The summed E-state index contributed by atoms with van der Waals surface area (Å²) in [5.74, 6) is 0.00724. The summed E-state index contributed by atoms with van der Waals surface area (Å²) < 4.78 is 10.3. The second-order valence-corrected chi connectivity index (χ2v) is 6.08. The second kappa shape index (κ2) is 8.41. The number of furan rings is 1. The molecule has 142 valence electrons. The number of benzene rings is 2. The largest absolute Gasteiger partial charge is 0.465 e. The van der Waals surface area contributed by atoms with Crippen molar-refractivity contribution in [3.63, 3.8) is 0 Å². The van der Waals surface area contributed by atoms with Gasteiger partial charge in [0.15, 0.2) is 0 Å². The number of nitrogens with one attached hydrogen (secondary N) is 1. The van der Waals surface area contributed by atoms with Crippen LogP contribution in [-0.4, -0.2) is 25.2 Å². The molecule has 0 aliphatic heterocycles. The maximum Gasteiger partial charge on any atom is 0.339 e. The number of hydrogen-bond donors (Lipinski definition) is 2. The number of carbonyl (C=O) groups excluding carboxylic acids is 2. The number of methoxy groups -OCH3 is 1. The maximum atomic E-state index is 12.0. The highest BCUT2D eigenvalue weighted by Crippen LogP contribution is 2.27. The van der Waals surface area contributed by atoms with Crippen molar-refractivity contribution in [1.82, 2.24) is 5.43 Å². The van der Waals surface area contributed by atoms with E-state index >= 15 is 0 Å². The van der Waals surface area contributed by atoms with Gasteiger partial charge in [0.2, 0.25) is 0 Å². The molecular weight excluding hydrogens is 382 g/mol. The molecule has 0 saturated carbocycles. The molecule has 0 fully saturated rings. The highest BCUT2D eigenvalue weighted by atomic mass is 35.5. The first-order valence-electron chi connectivity index (χ1n) is 8.15. The molecule has 1 heterocycles. The lowest BCUT2D eigenvalue weighted by Crippen LogP contribution is -2.18. The van der Waals surface area contributed by atoms with Crippen molar-refractivity contribution < 1.29 is 18.7 Å². The van der Waals surface area contributed by atoms with Crippen LogP contribution in [0.2, 0.25) is 5.02 Å². The van der Waals surface area contributed by atoms with Gasteiger partial charge in [-0.25, -0.2) is 10.2 Å². The van der Waals surface area contributed by atoms with Crippen LogP contribution in [0.5, 0.6) is 0 Å². The lowest BCUT2D eigenvalue weighted by Gasteiger charge is -2.04. The summed E-state index contributed by atoms with van der Waals surface area (Å²) in [5.41, 5.74) is 9.79. The number of nitrogen functional groups attached to an aromatic ring is 1. The van der Waals surface area contributed by atoms with Crippen molar-refractivity contribution >= 4 is 35.4 Å². The normalized spacial score (nSPS) is 10.8. The van der Waals surface area contributed by atoms with Crippen molar-refractivity contribution in [3.8, 4) is 11.3 Å². The number of hydrogen-bond acceptors (Lipinski definition) is 6. The van der Waals surface area contributed by atoms with Crippen LogP contribution in [0, 0.1) is 0 Å². The van der Waals surface area contributed by atoms with Gasteiger partial charge in [0.1, 0.15) is 11.5 Å². The van der Waals surface area contributed by atoms with Gasteiger partial charge in [-0.15, -0.1) is 0 Å². The van der Waals surface area contributed by atoms with E-state index in [1.54, 1.807) is 54.6 Å². The molecule has 8 heteroatoms. The van der Waals surface area contributed by atoms with E-state index in [4.69, 9.17) is 21.8 Å². The Hall–Kier alpha value is -3.58. The van der Waals surface area contributed by atoms with Gasteiger partial charge >= 0.3 is 5.97 Å². The lowest BCUT2D eigenvalue weighted by atomic mass is 10.1. The molecule has 7 nitrogen and oxygen atoms in total. The Balaban J connectivity index is 1.70. The predicted octanol–water partition coefficient (Wildman–Crippen LogP) is 3.73. The van der Waals surface area contributed by atoms with E-state index in [1.165, 1.54) is 13.3 Å². The molecule has 0 aliphatic rings. The zero-order valence-corrected chi connectivity index (χ0v) is 15.6. The summed E-state index contributed by atoms with van der Waals surface area (Å²) in [5, 5.41) is 4.12. The summed E-state index contributed by atoms with van der Waals surface area (Å²) >= 11 is 6.12. The third kappa shape index (κ3) is 4.21. The molecule has 0 saturated heterocycles. The summed E-state index contributed by atoms with van der Waals surface area (Å²) in [6, 6.07) is 15.0. The predicted molar refractivity (Wildman–Crippen MR) is 106 cm³/mol. The van der Waals surface area contributed by atoms with Gasteiger partial charge in [0.05, 0.1) is 29.5 Å². The third-order valence-electron chi connectivity index (χ3n) is 3.85. The molecule has 0 spiro atoms. The minimum Gasteiger partial charge on any atom is -0.465 e. The average molecular weight is 398 g/mol. The lowest BCUT2D eigenvalue weighted by molar-refractivity contribution is 0.0600. The van der Waals surface area contributed by atoms with Crippen LogP contribution >= 0.6 is 11.6 Å². The number of esters is 1. The van der Waals surface area contributed by atoms with E-state index < -0.39 is 11.9 Å². The van der Waals surface area contributed by atoms with Crippen LogP contribution in [0.3, 0.4) is 0 Å².